The Hall–Kier alpha value is -1.74. The van der Waals surface area contributed by atoms with Gasteiger partial charge in [0.25, 0.3) is 0 Å². The molecule has 1 atom stereocenters. The minimum Gasteiger partial charge on any atom is -0.394 e. The molecule has 0 saturated carbocycles. The van der Waals surface area contributed by atoms with Crippen LogP contribution in [0.25, 0.3) is 0 Å². The molecule has 1 saturated heterocycles. The summed E-state index contributed by atoms with van der Waals surface area (Å²) in [6.07, 6.45) is 0.491. The number of sulfonamides is 1. The molecule has 6 nitrogen and oxygen atoms in total. The van der Waals surface area contributed by atoms with Gasteiger partial charge in [0.15, 0.2) is 5.82 Å². The van der Waals surface area contributed by atoms with Crippen LogP contribution in [0.2, 0.25) is 0 Å². The number of nitrogens with two attached hydrogens (primary N) is 1. The first-order valence-corrected chi connectivity index (χ1v) is 7.32. The summed E-state index contributed by atoms with van der Waals surface area (Å²) < 4.78 is 53.1. The lowest BCUT2D eigenvalue weighted by molar-refractivity contribution is -0.122. The van der Waals surface area contributed by atoms with E-state index in [0.29, 0.717) is 6.42 Å². The summed E-state index contributed by atoms with van der Waals surface area (Å²) in [5, 5.41) is 2.50. The van der Waals surface area contributed by atoms with Crippen LogP contribution in [0, 0.1) is 11.6 Å². The van der Waals surface area contributed by atoms with E-state index in [2.05, 4.69) is 10.0 Å². The van der Waals surface area contributed by atoms with Crippen molar-refractivity contribution in [1.82, 2.24) is 10.0 Å². The van der Waals surface area contributed by atoms with Crippen LogP contribution in [0.1, 0.15) is 12.8 Å². The lowest BCUT2D eigenvalue weighted by Gasteiger charge is -2.23. The van der Waals surface area contributed by atoms with Gasteiger partial charge in [-0.05, 0) is 18.6 Å². The van der Waals surface area contributed by atoms with Crippen molar-refractivity contribution in [3.05, 3.63) is 23.8 Å². The number of piperidine rings is 1. The Balaban J connectivity index is 2.23. The molecule has 20 heavy (non-hydrogen) atoms. The van der Waals surface area contributed by atoms with Crippen molar-refractivity contribution < 1.29 is 22.0 Å². The molecule has 1 aromatic rings. The van der Waals surface area contributed by atoms with Crippen molar-refractivity contribution in [1.29, 1.82) is 0 Å². The number of nitrogen functional groups attached to an aromatic ring is 1. The van der Waals surface area contributed by atoms with Crippen molar-refractivity contribution in [3.8, 4) is 0 Å². The van der Waals surface area contributed by atoms with E-state index in [1.807, 2.05) is 0 Å². The van der Waals surface area contributed by atoms with Gasteiger partial charge in [0.05, 0.1) is 0 Å². The molecule has 1 fully saturated rings. The molecular formula is C11H13F2N3O3S. The minimum absolute atomic E-state index is 0.121. The summed E-state index contributed by atoms with van der Waals surface area (Å²) in [4.78, 5) is 10.3. The summed E-state index contributed by atoms with van der Waals surface area (Å²) >= 11 is 0. The molecule has 1 unspecified atom stereocenters. The van der Waals surface area contributed by atoms with Crippen molar-refractivity contribution in [3.63, 3.8) is 0 Å². The highest BCUT2D eigenvalue weighted by Gasteiger charge is 2.27. The molecule has 0 radical (unpaired) electrons. The number of nitrogens with one attached hydrogen (secondary N) is 2. The molecule has 1 aliphatic rings. The van der Waals surface area contributed by atoms with Crippen molar-refractivity contribution >= 4 is 21.6 Å². The zero-order chi connectivity index (χ0) is 14.9. The molecule has 4 N–H and O–H groups in total. The average molecular weight is 305 g/mol. The third-order valence-corrected chi connectivity index (χ3v) is 4.51. The van der Waals surface area contributed by atoms with Crippen LogP contribution in [0.3, 0.4) is 0 Å². The van der Waals surface area contributed by atoms with Crippen LogP contribution in [0.15, 0.2) is 17.0 Å². The van der Waals surface area contributed by atoms with Crippen molar-refractivity contribution in [2.24, 2.45) is 0 Å². The summed E-state index contributed by atoms with van der Waals surface area (Å²) in [6.45, 7) is 0.121. The molecule has 0 aliphatic carbocycles. The molecule has 1 aliphatic heterocycles. The second-order valence-electron chi connectivity index (χ2n) is 4.43. The van der Waals surface area contributed by atoms with Gasteiger partial charge >= 0.3 is 0 Å². The molecule has 0 bridgehead atoms. The first-order valence-electron chi connectivity index (χ1n) is 5.84. The van der Waals surface area contributed by atoms with E-state index in [9.17, 15) is 22.0 Å². The zero-order valence-electron chi connectivity index (χ0n) is 10.3. The first kappa shape index (κ1) is 14.7. The van der Waals surface area contributed by atoms with Crippen molar-refractivity contribution in [2.45, 2.75) is 23.8 Å². The van der Waals surface area contributed by atoms with Gasteiger partial charge in [-0.25, -0.2) is 21.9 Å². The number of rotatable bonds is 3. The van der Waals surface area contributed by atoms with Gasteiger partial charge in [-0.3, -0.25) is 4.79 Å². The highest BCUT2D eigenvalue weighted by atomic mass is 32.2. The highest BCUT2D eigenvalue weighted by Crippen LogP contribution is 2.23. The number of anilines is 1. The zero-order valence-corrected chi connectivity index (χ0v) is 11.1. The van der Waals surface area contributed by atoms with Gasteiger partial charge in [0.2, 0.25) is 15.9 Å². The molecule has 2 rings (SSSR count). The maximum absolute atomic E-state index is 13.7. The standard InChI is InChI=1S/C11H13F2N3O3S/c12-7-2-3-8(10(13)11(7)14)20(18,19)16-6-1-4-9(17)15-5-6/h2-3,6,16H,1,4-5,14H2,(H,15,17). The number of hydrogen-bond acceptors (Lipinski definition) is 4. The summed E-state index contributed by atoms with van der Waals surface area (Å²) in [6, 6.07) is 1.06. The fourth-order valence-electron chi connectivity index (χ4n) is 1.87. The van der Waals surface area contributed by atoms with E-state index in [4.69, 9.17) is 5.73 Å². The van der Waals surface area contributed by atoms with Gasteiger partial charge in [-0.15, -0.1) is 0 Å². The smallest absolute Gasteiger partial charge is 0.243 e. The van der Waals surface area contributed by atoms with Crippen LogP contribution >= 0.6 is 0 Å². The maximum Gasteiger partial charge on any atom is 0.243 e. The lowest BCUT2D eigenvalue weighted by Crippen LogP contribution is -2.47. The molecule has 1 aromatic carbocycles. The third kappa shape index (κ3) is 2.88. The first-order chi connectivity index (χ1) is 9.31. The molecule has 1 heterocycles. The highest BCUT2D eigenvalue weighted by molar-refractivity contribution is 7.89. The van der Waals surface area contributed by atoms with Gasteiger partial charge < -0.3 is 11.1 Å². The maximum atomic E-state index is 13.7. The van der Waals surface area contributed by atoms with Crippen LogP contribution in [-0.2, 0) is 14.8 Å². The van der Waals surface area contributed by atoms with E-state index in [1.165, 1.54) is 0 Å². The Morgan fingerprint density at radius 1 is 1.35 bits per heavy atom. The topological polar surface area (TPSA) is 101 Å². The molecule has 1 amide bonds. The monoisotopic (exact) mass is 305 g/mol. The van der Waals surface area contributed by atoms with Gasteiger partial charge in [0.1, 0.15) is 16.4 Å². The number of hydrogen-bond donors (Lipinski definition) is 3. The number of halogens is 2. The predicted octanol–water partition coefficient (Wildman–Crippen LogP) is 0.104. The molecule has 9 heteroatoms. The SMILES string of the molecule is Nc1c(F)ccc(S(=O)(=O)NC2CCC(=O)NC2)c1F. The van der Waals surface area contributed by atoms with Crippen LogP contribution in [-0.4, -0.2) is 26.9 Å². The fraction of sp³-hybridized carbons (Fsp3) is 0.364. The van der Waals surface area contributed by atoms with E-state index in [0.717, 1.165) is 12.1 Å². The third-order valence-electron chi connectivity index (χ3n) is 2.97. The van der Waals surface area contributed by atoms with Gasteiger partial charge in [-0.1, -0.05) is 0 Å². The Bertz CT molecular complexity index is 639. The number of amides is 1. The van der Waals surface area contributed by atoms with E-state index in [1.54, 1.807) is 0 Å². The summed E-state index contributed by atoms with van der Waals surface area (Å²) in [5.41, 5.74) is 4.29. The van der Waals surface area contributed by atoms with E-state index < -0.39 is 38.3 Å². The van der Waals surface area contributed by atoms with Crippen LogP contribution < -0.4 is 15.8 Å². The fourth-order valence-corrected chi connectivity index (χ4v) is 3.23. The minimum atomic E-state index is -4.17. The summed E-state index contributed by atoms with van der Waals surface area (Å²) in [7, 11) is -4.17. The average Bonchev–Trinajstić information content (AvgIpc) is 2.38. The van der Waals surface area contributed by atoms with Crippen molar-refractivity contribution in [2.75, 3.05) is 12.3 Å². The Labute approximate surface area is 114 Å². The Morgan fingerprint density at radius 3 is 2.65 bits per heavy atom. The second kappa shape index (κ2) is 5.33. The van der Waals surface area contributed by atoms with Crippen LogP contribution in [0.5, 0.6) is 0 Å². The molecule has 0 spiro atoms. The number of benzene rings is 1. The quantitative estimate of drug-likeness (QED) is 0.690. The second-order valence-corrected chi connectivity index (χ2v) is 6.12. The van der Waals surface area contributed by atoms with E-state index in [-0.39, 0.29) is 18.9 Å². The number of carbonyl (C=O) groups is 1. The lowest BCUT2D eigenvalue weighted by atomic mass is 10.1. The normalized spacial score (nSPS) is 19.7. The largest absolute Gasteiger partial charge is 0.394 e. The number of carbonyl (C=O) groups excluding carboxylic acids is 1. The van der Waals surface area contributed by atoms with E-state index >= 15 is 0 Å². The van der Waals surface area contributed by atoms with Crippen LogP contribution in [0.4, 0.5) is 14.5 Å². The van der Waals surface area contributed by atoms with Gasteiger partial charge in [0, 0.05) is 19.0 Å². The molecule has 110 valence electrons. The Morgan fingerprint density at radius 2 is 2.05 bits per heavy atom. The summed E-state index contributed by atoms with van der Waals surface area (Å²) in [5.74, 6) is -2.51. The Kier molecular flexibility index (Phi) is 3.91. The van der Waals surface area contributed by atoms with Gasteiger partial charge in [-0.2, -0.15) is 0 Å². The molecule has 0 aromatic heterocycles. The molecular weight excluding hydrogens is 292 g/mol. The predicted molar refractivity (Wildman–Crippen MR) is 67.1 cm³/mol.